The van der Waals surface area contributed by atoms with Gasteiger partial charge < -0.3 is 14.8 Å². The predicted molar refractivity (Wildman–Crippen MR) is 94.9 cm³/mol. The highest BCUT2D eigenvalue weighted by Gasteiger charge is 2.10. The molecule has 3 rings (SSSR count). The number of pyridine rings is 1. The molecule has 3 aromatic rings. The number of carbonyl (C=O) groups is 1. The minimum absolute atomic E-state index is 0.0352. The molecule has 0 saturated carbocycles. The SMILES string of the molecule is O=C(O)CCCN=Cc1c(O)[nH]c(=O)c2ccc(-n3cccc3)cc12. The van der Waals surface area contributed by atoms with E-state index in [0.29, 0.717) is 29.3 Å². The van der Waals surface area contributed by atoms with Crippen molar-refractivity contribution < 1.29 is 15.0 Å². The van der Waals surface area contributed by atoms with Crippen LogP contribution in [-0.2, 0) is 4.79 Å². The Morgan fingerprint density at radius 2 is 2.00 bits per heavy atom. The zero-order chi connectivity index (χ0) is 17.8. The Bertz CT molecular complexity index is 987. The van der Waals surface area contributed by atoms with Crippen molar-refractivity contribution >= 4 is 23.0 Å². The van der Waals surface area contributed by atoms with Gasteiger partial charge in [-0.15, -0.1) is 0 Å². The van der Waals surface area contributed by atoms with E-state index in [4.69, 9.17) is 5.11 Å². The lowest BCUT2D eigenvalue weighted by atomic mass is 10.1. The molecule has 0 fully saturated rings. The number of hydrogen-bond donors (Lipinski definition) is 3. The van der Waals surface area contributed by atoms with Gasteiger partial charge in [0.15, 0.2) is 0 Å². The molecule has 1 aromatic carbocycles. The summed E-state index contributed by atoms with van der Waals surface area (Å²) in [5, 5.41) is 19.8. The minimum Gasteiger partial charge on any atom is -0.494 e. The van der Waals surface area contributed by atoms with Crippen LogP contribution in [0.4, 0.5) is 0 Å². The molecule has 0 amide bonds. The van der Waals surface area contributed by atoms with Crippen molar-refractivity contribution in [3.8, 4) is 11.6 Å². The number of aromatic nitrogens is 2. The smallest absolute Gasteiger partial charge is 0.303 e. The summed E-state index contributed by atoms with van der Waals surface area (Å²) in [4.78, 5) is 29.2. The summed E-state index contributed by atoms with van der Waals surface area (Å²) in [6.07, 6.45) is 5.67. The number of rotatable bonds is 6. The number of nitrogens with one attached hydrogen (secondary N) is 1. The van der Waals surface area contributed by atoms with Gasteiger partial charge >= 0.3 is 5.97 Å². The van der Waals surface area contributed by atoms with Gasteiger partial charge in [-0.1, -0.05) is 0 Å². The van der Waals surface area contributed by atoms with E-state index >= 15 is 0 Å². The molecule has 2 heterocycles. The Balaban J connectivity index is 2.01. The van der Waals surface area contributed by atoms with Gasteiger partial charge in [0.2, 0.25) is 5.88 Å². The van der Waals surface area contributed by atoms with Gasteiger partial charge in [0.05, 0.1) is 5.56 Å². The lowest BCUT2D eigenvalue weighted by molar-refractivity contribution is -0.137. The molecule has 0 saturated heterocycles. The van der Waals surface area contributed by atoms with Crippen LogP contribution in [0.5, 0.6) is 5.88 Å². The Labute approximate surface area is 142 Å². The first-order chi connectivity index (χ1) is 12.1. The Kier molecular flexibility index (Phi) is 4.65. The molecule has 0 aliphatic carbocycles. The molecule has 128 valence electrons. The standard InChI is InChI=1S/C18H17N3O4/c22-16(23)4-3-7-19-11-15-14-10-12(21-8-1-2-9-21)5-6-13(14)17(24)20-18(15)25/h1-2,5-6,8-11H,3-4,7H2,(H,22,23)(H2,20,24,25). The van der Waals surface area contributed by atoms with Crippen molar-refractivity contribution in [2.45, 2.75) is 12.8 Å². The number of fused-ring (bicyclic) bond motifs is 1. The highest BCUT2D eigenvalue weighted by Crippen LogP contribution is 2.23. The van der Waals surface area contributed by atoms with Crippen LogP contribution in [0, 0.1) is 0 Å². The molecule has 0 spiro atoms. The molecule has 0 atom stereocenters. The van der Waals surface area contributed by atoms with E-state index in [1.807, 2.05) is 41.2 Å². The van der Waals surface area contributed by atoms with Crippen molar-refractivity contribution in [2.24, 2.45) is 4.99 Å². The third kappa shape index (κ3) is 3.60. The van der Waals surface area contributed by atoms with E-state index in [2.05, 4.69) is 9.98 Å². The molecule has 25 heavy (non-hydrogen) atoms. The normalized spacial score (nSPS) is 11.4. The highest BCUT2D eigenvalue weighted by atomic mass is 16.4. The minimum atomic E-state index is -0.871. The van der Waals surface area contributed by atoms with Crippen molar-refractivity contribution in [3.05, 3.63) is 58.6 Å². The number of aromatic amines is 1. The van der Waals surface area contributed by atoms with Crippen molar-refractivity contribution in [1.82, 2.24) is 9.55 Å². The van der Waals surface area contributed by atoms with Gasteiger partial charge in [-0.3, -0.25) is 19.6 Å². The van der Waals surface area contributed by atoms with Crippen LogP contribution in [0.1, 0.15) is 18.4 Å². The molecule has 0 bridgehead atoms. The van der Waals surface area contributed by atoms with Crippen molar-refractivity contribution in [2.75, 3.05) is 6.54 Å². The van der Waals surface area contributed by atoms with Crippen LogP contribution in [0.2, 0.25) is 0 Å². The van der Waals surface area contributed by atoms with Crippen molar-refractivity contribution in [3.63, 3.8) is 0 Å². The number of carboxylic acid groups (broad SMARTS) is 1. The fraction of sp³-hybridized carbons (Fsp3) is 0.167. The summed E-state index contributed by atoms with van der Waals surface area (Å²) >= 11 is 0. The predicted octanol–water partition coefficient (Wildman–Crippen LogP) is 2.31. The van der Waals surface area contributed by atoms with E-state index in [-0.39, 0.29) is 17.9 Å². The maximum absolute atomic E-state index is 12.1. The average molecular weight is 339 g/mol. The van der Waals surface area contributed by atoms with Gasteiger partial charge in [0.25, 0.3) is 5.56 Å². The lowest BCUT2D eigenvalue weighted by Crippen LogP contribution is -2.08. The fourth-order valence-electron chi connectivity index (χ4n) is 2.60. The van der Waals surface area contributed by atoms with E-state index < -0.39 is 5.97 Å². The highest BCUT2D eigenvalue weighted by molar-refractivity contribution is 6.02. The second-order valence-electron chi connectivity index (χ2n) is 5.57. The van der Waals surface area contributed by atoms with Crippen LogP contribution in [0.25, 0.3) is 16.5 Å². The largest absolute Gasteiger partial charge is 0.494 e. The summed E-state index contributed by atoms with van der Waals surface area (Å²) in [7, 11) is 0. The molecule has 3 N–H and O–H groups in total. The van der Waals surface area contributed by atoms with E-state index in [0.717, 1.165) is 5.69 Å². The third-order valence-corrected chi connectivity index (χ3v) is 3.83. The number of aromatic hydroxyl groups is 1. The summed E-state index contributed by atoms with van der Waals surface area (Å²) in [6, 6.07) is 9.12. The Hall–Kier alpha value is -3.35. The Morgan fingerprint density at radius 1 is 1.24 bits per heavy atom. The number of H-pyrrole nitrogens is 1. The van der Waals surface area contributed by atoms with Crippen LogP contribution < -0.4 is 5.56 Å². The number of aliphatic imine (C=N–C) groups is 1. The van der Waals surface area contributed by atoms with E-state index in [9.17, 15) is 14.7 Å². The molecule has 7 heteroatoms. The number of aliphatic carboxylic acids is 1. The van der Waals surface area contributed by atoms with Gasteiger partial charge in [-0.25, -0.2) is 0 Å². The van der Waals surface area contributed by atoms with E-state index in [1.54, 1.807) is 6.07 Å². The molecule has 7 nitrogen and oxygen atoms in total. The first-order valence-electron chi connectivity index (χ1n) is 7.80. The Morgan fingerprint density at radius 3 is 2.72 bits per heavy atom. The first kappa shape index (κ1) is 16.5. The van der Waals surface area contributed by atoms with Crippen molar-refractivity contribution in [1.29, 1.82) is 0 Å². The lowest BCUT2D eigenvalue weighted by Gasteiger charge is -2.08. The zero-order valence-corrected chi connectivity index (χ0v) is 13.3. The van der Waals surface area contributed by atoms with Crippen LogP contribution in [0.3, 0.4) is 0 Å². The van der Waals surface area contributed by atoms with Gasteiger partial charge in [0, 0.05) is 48.0 Å². The second-order valence-corrected chi connectivity index (χ2v) is 5.57. The van der Waals surface area contributed by atoms with E-state index in [1.165, 1.54) is 6.21 Å². The fourth-order valence-corrected chi connectivity index (χ4v) is 2.60. The van der Waals surface area contributed by atoms with Gasteiger partial charge in [0.1, 0.15) is 0 Å². The molecule has 0 aliphatic heterocycles. The van der Waals surface area contributed by atoms with Gasteiger partial charge in [-0.05, 0) is 36.8 Å². The average Bonchev–Trinajstić information content (AvgIpc) is 3.11. The summed E-state index contributed by atoms with van der Waals surface area (Å²) in [6.45, 7) is 0.323. The summed E-state index contributed by atoms with van der Waals surface area (Å²) in [5.74, 6) is -1.13. The molecule has 0 radical (unpaired) electrons. The van der Waals surface area contributed by atoms with Gasteiger partial charge in [-0.2, -0.15) is 0 Å². The number of carboxylic acids is 1. The van der Waals surface area contributed by atoms with Crippen LogP contribution in [-0.4, -0.2) is 38.5 Å². The molecule has 0 unspecified atom stereocenters. The molecule has 2 aromatic heterocycles. The first-order valence-corrected chi connectivity index (χ1v) is 7.80. The summed E-state index contributed by atoms with van der Waals surface area (Å²) < 4.78 is 1.89. The summed E-state index contributed by atoms with van der Waals surface area (Å²) in [5.41, 5.74) is 0.872. The zero-order valence-electron chi connectivity index (χ0n) is 13.3. The molecular weight excluding hydrogens is 322 g/mol. The third-order valence-electron chi connectivity index (χ3n) is 3.83. The van der Waals surface area contributed by atoms with Crippen LogP contribution >= 0.6 is 0 Å². The quantitative estimate of drug-likeness (QED) is 0.473. The topological polar surface area (TPSA) is 108 Å². The molecular formula is C18H17N3O4. The number of nitrogens with zero attached hydrogens (tertiary/aromatic N) is 2. The molecule has 0 aliphatic rings. The monoisotopic (exact) mass is 339 g/mol. The van der Waals surface area contributed by atoms with Crippen LogP contribution in [0.15, 0.2) is 52.5 Å². The maximum Gasteiger partial charge on any atom is 0.303 e. The second kappa shape index (κ2) is 7.04. The maximum atomic E-state index is 12.1. The number of benzene rings is 1. The number of hydrogen-bond acceptors (Lipinski definition) is 4.